The predicted octanol–water partition coefficient (Wildman–Crippen LogP) is 3.52. The summed E-state index contributed by atoms with van der Waals surface area (Å²) in [6.07, 6.45) is 1.43. The first-order valence-corrected chi connectivity index (χ1v) is 15.5. The monoisotopic (exact) mass is 616 g/mol. The molecule has 10 nitrogen and oxygen atoms in total. The summed E-state index contributed by atoms with van der Waals surface area (Å²) in [6, 6.07) is 15.9. The van der Waals surface area contributed by atoms with Crippen LogP contribution in [-0.4, -0.2) is 85.3 Å². The summed E-state index contributed by atoms with van der Waals surface area (Å²) >= 11 is 8.40. The van der Waals surface area contributed by atoms with Crippen molar-refractivity contribution in [1.82, 2.24) is 34.7 Å². The van der Waals surface area contributed by atoms with Gasteiger partial charge in [0.2, 0.25) is 9.60 Å². The second-order valence-corrected chi connectivity index (χ2v) is 11.3. The van der Waals surface area contributed by atoms with E-state index in [1.165, 1.54) is 28.6 Å². The number of halogens is 1. The van der Waals surface area contributed by atoms with Gasteiger partial charge in [-0.15, -0.1) is 0 Å². The van der Waals surface area contributed by atoms with Gasteiger partial charge in [0, 0.05) is 76.7 Å². The highest BCUT2D eigenvalue weighted by Gasteiger charge is 2.15. The average Bonchev–Trinajstić information content (AvgIpc) is 3.68. The lowest BCUT2D eigenvalue weighted by atomic mass is 10.1. The number of anilines is 1. The van der Waals surface area contributed by atoms with Crippen LogP contribution in [0.3, 0.4) is 0 Å². The van der Waals surface area contributed by atoms with Gasteiger partial charge in [-0.3, -0.25) is 0 Å². The number of methoxy groups -OCH3 is 2. The van der Waals surface area contributed by atoms with E-state index in [0.29, 0.717) is 10.9 Å². The summed E-state index contributed by atoms with van der Waals surface area (Å²) in [4.78, 5) is 11.0. The van der Waals surface area contributed by atoms with Crippen molar-refractivity contribution < 1.29 is 9.47 Å². The Morgan fingerprint density at radius 2 is 1.24 bits per heavy atom. The van der Waals surface area contributed by atoms with Gasteiger partial charge in [0.15, 0.2) is 0 Å². The van der Waals surface area contributed by atoms with Crippen molar-refractivity contribution in [3.8, 4) is 11.5 Å². The van der Waals surface area contributed by atoms with Crippen molar-refractivity contribution in [3.63, 3.8) is 0 Å². The van der Waals surface area contributed by atoms with Gasteiger partial charge >= 0.3 is 0 Å². The zero-order valence-electron chi connectivity index (χ0n) is 23.4. The van der Waals surface area contributed by atoms with Gasteiger partial charge in [-0.2, -0.15) is 8.75 Å². The van der Waals surface area contributed by atoms with E-state index in [1.54, 1.807) is 14.2 Å². The van der Waals surface area contributed by atoms with E-state index >= 15 is 0 Å². The third-order valence-electron chi connectivity index (χ3n) is 6.24. The van der Waals surface area contributed by atoms with Crippen molar-refractivity contribution in [2.24, 2.45) is 0 Å². The van der Waals surface area contributed by atoms with Gasteiger partial charge in [0.25, 0.3) is 0 Å². The lowest BCUT2D eigenvalue weighted by Crippen LogP contribution is -2.43. The number of ether oxygens (including phenoxy) is 2. The van der Waals surface area contributed by atoms with Gasteiger partial charge in [-0.25, -0.2) is 9.97 Å². The van der Waals surface area contributed by atoms with Gasteiger partial charge in [0.1, 0.15) is 23.1 Å². The van der Waals surface area contributed by atoms with Crippen LogP contribution in [0.15, 0.2) is 48.5 Å². The van der Waals surface area contributed by atoms with Crippen molar-refractivity contribution in [2.75, 3.05) is 71.5 Å². The number of rotatable bonds is 7. The normalized spacial score (nSPS) is 14.8. The first-order valence-electron chi connectivity index (χ1n) is 13.6. The van der Waals surface area contributed by atoms with E-state index in [1.807, 2.05) is 42.5 Å². The van der Waals surface area contributed by atoms with Crippen molar-refractivity contribution in [3.05, 3.63) is 75.8 Å². The van der Waals surface area contributed by atoms with Crippen LogP contribution in [0.2, 0.25) is 4.47 Å². The van der Waals surface area contributed by atoms with Crippen LogP contribution >= 0.6 is 34.7 Å². The Morgan fingerprint density at radius 1 is 0.732 bits per heavy atom. The minimum atomic E-state index is 0.480. The van der Waals surface area contributed by atoms with Crippen molar-refractivity contribution in [2.45, 2.75) is 12.8 Å². The topological polar surface area (TPSA) is 109 Å². The fourth-order valence-electron chi connectivity index (χ4n) is 4.14. The van der Waals surface area contributed by atoms with Crippen LogP contribution in [0.5, 0.6) is 11.5 Å². The van der Waals surface area contributed by atoms with Crippen LogP contribution in [0.4, 0.5) is 5.13 Å². The molecule has 0 amide bonds. The van der Waals surface area contributed by atoms with Crippen LogP contribution in [0.1, 0.15) is 22.8 Å². The number of hydrogen-bond acceptors (Lipinski definition) is 12. The molecule has 0 atom stereocenters. The van der Waals surface area contributed by atoms with E-state index in [-0.39, 0.29) is 0 Å². The number of nitrogens with one attached hydrogen (secondary N) is 3. The lowest BCUT2D eigenvalue weighted by Gasteiger charge is -2.26. The molecule has 2 aromatic carbocycles. The van der Waals surface area contributed by atoms with Crippen molar-refractivity contribution >= 4 is 39.8 Å². The Kier molecular flexibility index (Phi) is 13.0. The van der Waals surface area contributed by atoms with E-state index in [2.05, 4.69) is 45.6 Å². The first-order chi connectivity index (χ1) is 20.1. The molecule has 41 heavy (non-hydrogen) atoms. The second-order valence-electron chi connectivity index (χ2n) is 9.25. The molecule has 0 aliphatic carbocycles. The van der Waals surface area contributed by atoms with E-state index in [4.69, 9.17) is 21.1 Å². The molecule has 2 fully saturated rings. The maximum absolute atomic E-state index is 5.71. The fourth-order valence-corrected chi connectivity index (χ4v) is 5.51. The highest BCUT2D eigenvalue weighted by molar-refractivity contribution is 7.10. The van der Waals surface area contributed by atoms with Crippen LogP contribution in [0, 0.1) is 0 Å². The van der Waals surface area contributed by atoms with Crippen molar-refractivity contribution in [1.29, 1.82) is 0 Å². The first kappa shape index (κ1) is 31.1. The highest BCUT2D eigenvalue weighted by Crippen LogP contribution is 2.21. The van der Waals surface area contributed by atoms with E-state index < -0.39 is 0 Å². The Bertz CT molecular complexity index is 1300. The second kappa shape index (κ2) is 17.2. The molecular formula is C28H37ClN8O2S2. The molecule has 0 unspecified atom stereocenters. The van der Waals surface area contributed by atoms with Crippen LogP contribution in [-0.2, 0) is 12.8 Å². The third-order valence-corrected chi connectivity index (χ3v) is 7.89. The van der Waals surface area contributed by atoms with Crippen LogP contribution in [0.25, 0.3) is 0 Å². The molecule has 3 N–H and O–H groups in total. The summed E-state index contributed by atoms with van der Waals surface area (Å²) in [5, 5.41) is 10.8. The largest absolute Gasteiger partial charge is 0.497 e. The fraction of sp³-hybridized carbons (Fsp3) is 0.429. The summed E-state index contributed by atoms with van der Waals surface area (Å²) in [7, 11) is 3.33. The number of piperazine rings is 2. The minimum absolute atomic E-state index is 0.480. The van der Waals surface area contributed by atoms with E-state index in [9.17, 15) is 0 Å². The molecule has 0 bridgehead atoms. The third kappa shape index (κ3) is 10.8. The van der Waals surface area contributed by atoms with Gasteiger partial charge in [-0.1, -0.05) is 24.3 Å². The Labute approximate surface area is 254 Å². The molecule has 0 radical (unpaired) electrons. The van der Waals surface area contributed by atoms with Gasteiger partial charge < -0.3 is 30.3 Å². The molecule has 4 heterocycles. The smallest absolute Gasteiger partial charge is 0.205 e. The molecule has 4 aromatic rings. The lowest BCUT2D eigenvalue weighted by molar-refractivity contribution is 0.414. The molecule has 6 rings (SSSR count). The molecule has 0 saturated carbocycles. The standard InChI is InChI=1S/C14H18N4OS.C10H9ClN2OS.C4H10N2/c1-19-12-4-2-3-11(9-12)10-13-16-14(20-17-13)18-7-5-15-6-8-18;1-14-8-4-2-3-7(5-8)6-9-12-10(11)15-13-9;1-2-6-4-3-5-1/h2-4,9,15H,5-8,10H2,1H3;2-5H,6H2,1H3;5-6H,1-4H2. The van der Waals surface area contributed by atoms with E-state index in [0.717, 1.165) is 92.6 Å². The molecule has 2 aliphatic heterocycles. The molecule has 13 heteroatoms. The zero-order valence-corrected chi connectivity index (χ0v) is 25.8. The average molecular weight is 617 g/mol. The minimum Gasteiger partial charge on any atom is -0.497 e. The Hall–Kier alpha value is -2.87. The Balaban J connectivity index is 0.000000161. The molecule has 0 spiro atoms. The van der Waals surface area contributed by atoms with Gasteiger partial charge in [-0.05, 0) is 58.5 Å². The molecular weight excluding hydrogens is 580 g/mol. The maximum Gasteiger partial charge on any atom is 0.205 e. The maximum atomic E-state index is 5.71. The highest BCUT2D eigenvalue weighted by atomic mass is 35.5. The van der Waals surface area contributed by atoms with Crippen LogP contribution < -0.4 is 30.3 Å². The summed E-state index contributed by atoms with van der Waals surface area (Å²) in [6.45, 7) is 8.61. The number of nitrogens with zero attached hydrogens (tertiary/aromatic N) is 5. The summed E-state index contributed by atoms with van der Waals surface area (Å²) in [5.74, 6) is 3.35. The SMILES string of the molecule is C1CNCCN1.COc1cccc(Cc2nsc(Cl)n2)c1.COc1cccc(Cc2nsc(N3CCNCC3)n2)c1. The number of benzene rings is 2. The molecule has 2 saturated heterocycles. The number of aromatic nitrogens is 4. The summed E-state index contributed by atoms with van der Waals surface area (Å²) in [5.41, 5.74) is 2.29. The Morgan fingerprint density at radius 3 is 1.73 bits per heavy atom. The quantitative estimate of drug-likeness (QED) is 0.285. The molecule has 220 valence electrons. The predicted molar refractivity (Wildman–Crippen MR) is 167 cm³/mol. The summed E-state index contributed by atoms with van der Waals surface area (Å²) < 4.78 is 19.4. The molecule has 2 aromatic heterocycles. The number of hydrogen-bond donors (Lipinski definition) is 3. The van der Waals surface area contributed by atoms with Gasteiger partial charge in [0.05, 0.1) is 14.2 Å². The molecule has 2 aliphatic rings. The zero-order chi connectivity index (χ0) is 28.7.